The highest BCUT2D eigenvalue weighted by atomic mass is 19.3. The van der Waals surface area contributed by atoms with E-state index in [0.717, 1.165) is 11.0 Å². The molecule has 5 heterocycles. The third-order valence-corrected chi connectivity index (χ3v) is 7.03. The van der Waals surface area contributed by atoms with E-state index in [-0.39, 0.29) is 36.7 Å². The van der Waals surface area contributed by atoms with Crippen LogP contribution in [0, 0.1) is 12.7 Å². The van der Waals surface area contributed by atoms with Gasteiger partial charge in [-0.3, -0.25) is 4.79 Å². The molecule has 1 aromatic carbocycles. The average molecular weight is 576 g/mol. The second-order valence-corrected chi connectivity index (χ2v) is 9.55. The van der Waals surface area contributed by atoms with Gasteiger partial charge in [0.25, 0.3) is 6.43 Å². The standard InChI is InChI=1S/C28H24F3N9O2/c1-3-24(41)39-11-10-38(13-20(39)27(30)31)22-7-5-19-26(37-22)28(34-14-32-19)36-18-4-6-21(16(2)25(18)29)42-17-8-9-40-23(12-17)33-15-35-40/h3-9,12,14-15,20,27H,1,10-11,13H2,2H3,(H,32,34,36)/t20-/m1/s1. The lowest BCUT2D eigenvalue weighted by atomic mass is 10.1. The maximum atomic E-state index is 15.5. The molecule has 0 unspecified atom stereocenters. The number of aromatic nitrogens is 6. The van der Waals surface area contributed by atoms with Gasteiger partial charge < -0.3 is 19.9 Å². The number of hydrogen-bond acceptors (Lipinski definition) is 9. The first-order chi connectivity index (χ1) is 20.3. The van der Waals surface area contributed by atoms with Crippen LogP contribution in [0.25, 0.3) is 16.7 Å². The molecule has 0 radical (unpaired) electrons. The Morgan fingerprint density at radius 1 is 1.14 bits per heavy atom. The molecule has 1 fully saturated rings. The lowest BCUT2D eigenvalue weighted by Gasteiger charge is -2.41. The molecule has 11 nitrogen and oxygen atoms in total. The molecular weight excluding hydrogens is 551 g/mol. The molecule has 1 atom stereocenters. The fourth-order valence-electron chi connectivity index (χ4n) is 4.81. The van der Waals surface area contributed by atoms with Crippen LogP contribution in [0.4, 0.5) is 30.5 Å². The average Bonchev–Trinajstić information content (AvgIpc) is 3.48. The van der Waals surface area contributed by atoms with Crippen LogP contribution in [-0.2, 0) is 4.79 Å². The predicted molar refractivity (Wildman–Crippen MR) is 149 cm³/mol. The number of halogens is 3. The van der Waals surface area contributed by atoms with Crippen molar-refractivity contribution in [2.45, 2.75) is 19.4 Å². The van der Waals surface area contributed by atoms with E-state index in [1.54, 1.807) is 52.9 Å². The van der Waals surface area contributed by atoms with E-state index in [1.807, 2.05) is 0 Å². The molecule has 0 spiro atoms. The van der Waals surface area contributed by atoms with Crippen molar-refractivity contribution in [3.63, 3.8) is 0 Å². The zero-order chi connectivity index (χ0) is 29.4. The number of carbonyl (C=O) groups excluding carboxylic acids is 1. The van der Waals surface area contributed by atoms with Crippen LogP contribution in [0.2, 0.25) is 0 Å². The quantitative estimate of drug-likeness (QED) is 0.280. The molecule has 42 heavy (non-hydrogen) atoms. The van der Waals surface area contributed by atoms with Crippen molar-refractivity contribution in [3.8, 4) is 11.5 Å². The fraction of sp³-hybridized carbons (Fsp3) is 0.214. The number of alkyl halides is 2. The van der Waals surface area contributed by atoms with Crippen molar-refractivity contribution in [1.82, 2.24) is 34.4 Å². The van der Waals surface area contributed by atoms with Gasteiger partial charge >= 0.3 is 0 Å². The molecule has 1 aliphatic heterocycles. The van der Waals surface area contributed by atoms with Gasteiger partial charge in [0.15, 0.2) is 17.3 Å². The number of amides is 1. The van der Waals surface area contributed by atoms with Gasteiger partial charge in [0.05, 0.1) is 11.2 Å². The van der Waals surface area contributed by atoms with Gasteiger partial charge in [0.2, 0.25) is 5.91 Å². The molecule has 0 saturated carbocycles. The Morgan fingerprint density at radius 3 is 2.81 bits per heavy atom. The van der Waals surface area contributed by atoms with Gasteiger partial charge in [0, 0.05) is 37.5 Å². The predicted octanol–water partition coefficient (Wildman–Crippen LogP) is 4.52. The number of benzene rings is 1. The molecule has 6 rings (SSSR count). The summed E-state index contributed by atoms with van der Waals surface area (Å²) in [5.41, 5.74) is 1.78. The third kappa shape index (κ3) is 5.02. The number of nitrogens with zero attached hydrogens (tertiary/aromatic N) is 8. The second kappa shape index (κ2) is 11.0. The minimum Gasteiger partial charge on any atom is -0.457 e. The first kappa shape index (κ1) is 26.9. The maximum Gasteiger partial charge on any atom is 0.260 e. The van der Waals surface area contributed by atoms with Crippen molar-refractivity contribution in [2.75, 3.05) is 29.9 Å². The first-order valence-corrected chi connectivity index (χ1v) is 12.9. The maximum absolute atomic E-state index is 15.5. The molecule has 1 N–H and O–H groups in total. The minimum absolute atomic E-state index is 0.0850. The Hall–Kier alpha value is -5.27. The Balaban J connectivity index is 1.26. The van der Waals surface area contributed by atoms with Crippen LogP contribution < -0.4 is 15.0 Å². The fourth-order valence-corrected chi connectivity index (χ4v) is 4.81. The highest BCUT2D eigenvalue weighted by molar-refractivity contribution is 5.89. The summed E-state index contributed by atoms with van der Waals surface area (Å²) in [5, 5.41) is 7.03. The zero-order valence-electron chi connectivity index (χ0n) is 22.3. The Morgan fingerprint density at radius 2 is 2.00 bits per heavy atom. The van der Waals surface area contributed by atoms with E-state index in [4.69, 9.17) is 4.74 Å². The number of pyridine rings is 2. The SMILES string of the molecule is C=CC(=O)N1CCN(c2ccc3ncnc(Nc4ccc(Oc5ccn6ncnc6c5)c(C)c4F)c3n2)C[C@@H]1C(F)F. The van der Waals surface area contributed by atoms with Gasteiger partial charge in [0.1, 0.15) is 41.5 Å². The van der Waals surface area contributed by atoms with Crippen molar-refractivity contribution in [3.05, 3.63) is 79.3 Å². The lowest BCUT2D eigenvalue weighted by Crippen LogP contribution is -2.57. The van der Waals surface area contributed by atoms with Crippen LogP contribution in [0.5, 0.6) is 11.5 Å². The van der Waals surface area contributed by atoms with E-state index in [0.29, 0.717) is 34.0 Å². The molecule has 1 saturated heterocycles. The Bertz CT molecular complexity index is 1810. The first-order valence-electron chi connectivity index (χ1n) is 12.9. The highest BCUT2D eigenvalue weighted by Crippen LogP contribution is 2.33. The molecule has 0 bridgehead atoms. The van der Waals surface area contributed by atoms with Crippen molar-refractivity contribution in [2.24, 2.45) is 0 Å². The number of anilines is 3. The Kier molecular flexibility index (Phi) is 7.02. The van der Waals surface area contributed by atoms with Gasteiger partial charge in [-0.2, -0.15) is 5.10 Å². The summed E-state index contributed by atoms with van der Waals surface area (Å²) < 4.78 is 50.7. The second-order valence-electron chi connectivity index (χ2n) is 9.55. The number of carbonyl (C=O) groups is 1. The van der Waals surface area contributed by atoms with E-state index in [9.17, 15) is 13.6 Å². The molecule has 1 amide bonds. The summed E-state index contributed by atoms with van der Waals surface area (Å²) in [7, 11) is 0. The van der Waals surface area contributed by atoms with E-state index in [2.05, 4.69) is 36.9 Å². The van der Waals surface area contributed by atoms with Crippen molar-refractivity contribution < 1.29 is 22.7 Å². The normalized spacial score (nSPS) is 15.4. The summed E-state index contributed by atoms with van der Waals surface area (Å²) in [4.78, 5) is 32.1. The van der Waals surface area contributed by atoms with E-state index in [1.165, 1.54) is 18.7 Å². The van der Waals surface area contributed by atoms with Crippen LogP contribution in [-0.4, -0.2) is 72.5 Å². The summed E-state index contributed by atoms with van der Waals surface area (Å²) in [6.07, 6.45) is 2.72. The number of nitrogens with one attached hydrogen (secondary N) is 1. The molecule has 14 heteroatoms. The molecule has 1 aliphatic rings. The minimum atomic E-state index is -2.75. The Labute approximate surface area is 237 Å². The number of rotatable bonds is 7. The van der Waals surface area contributed by atoms with Crippen LogP contribution in [0.1, 0.15) is 5.56 Å². The van der Waals surface area contributed by atoms with Crippen LogP contribution in [0.15, 0.2) is 67.9 Å². The topological polar surface area (TPSA) is 114 Å². The summed E-state index contributed by atoms with van der Waals surface area (Å²) in [6.45, 7) is 5.25. The van der Waals surface area contributed by atoms with Crippen LogP contribution in [0.3, 0.4) is 0 Å². The summed E-state index contributed by atoms with van der Waals surface area (Å²) in [5.74, 6) is 0.329. The summed E-state index contributed by atoms with van der Waals surface area (Å²) in [6, 6.07) is 8.58. The monoisotopic (exact) mass is 575 g/mol. The van der Waals surface area contributed by atoms with Crippen LogP contribution >= 0.6 is 0 Å². The molecule has 5 aromatic rings. The van der Waals surface area contributed by atoms with Gasteiger partial charge in [-0.05, 0) is 43.3 Å². The van der Waals surface area contributed by atoms with Gasteiger partial charge in [-0.25, -0.2) is 37.6 Å². The third-order valence-electron chi connectivity index (χ3n) is 7.03. The lowest BCUT2D eigenvalue weighted by molar-refractivity contribution is -0.132. The van der Waals surface area contributed by atoms with E-state index >= 15 is 4.39 Å². The largest absolute Gasteiger partial charge is 0.457 e. The van der Waals surface area contributed by atoms with Crippen molar-refractivity contribution >= 4 is 39.9 Å². The molecular formula is C28H24F3N9O2. The molecule has 4 aromatic heterocycles. The van der Waals surface area contributed by atoms with E-state index < -0.39 is 24.2 Å². The highest BCUT2D eigenvalue weighted by Gasteiger charge is 2.36. The number of piperazine rings is 1. The molecule has 214 valence electrons. The number of ether oxygens (including phenoxy) is 1. The summed E-state index contributed by atoms with van der Waals surface area (Å²) >= 11 is 0. The van der Waals surface area contributed by atoms with Gasteiger partial charge in [-0.15, -0.1) is 0 Å². The number of fused-ring (bicyclic) bond motifs is 2. The number of hydrogen-bond donors (Lipinski definition) is 1. The molecule has 0 aliphatic carbocycles. The van der Waals surface area contributed by atoms with Gasteiger partial charge in [-0.1, -0.05) is 6.58 Å². The zero-order valence-corrected chi connectivity index (χ0v) is 22.3. The smallest absolute Gasteiger partial charge is 0.260 e. The van der Waals surface area contributed by atoms with Crippen molar-refractivity contribution in [1.29, 1.82) is 0 Å².